The highest BCUT2D eigenvalue weighted by Gasteiger charge is 2.37. The van der Waals surface area contributed by atoms with Crippen molar-refractivity contribution >= 4 is 36.4 Å². The van der Waals surface area contributed by atoms with Crippen LogP contribution in [0.2, 0.25) is 0 Å². The molecule has 2 aliphatic rings. The number of amides is 1. The lowest BCUT2D eigenvalue weighted by molar-refractivity contribution is -0.122. The summed E-state index contributed by atoms with van der Waals surface area (Å²) >= 11 is 0. The molecule has 0 aromatic heterocycles. The third-order valence-corrected chi connectivity index (χ3v) is 5.82. The molecule has 1 aromatic rings. The average molecular weight is 418 g/mol. The van der Waals surface area contributed by atoms with E-state index in [0.29, 0.717) is 6.04 Å². The number of nitrogens with two attached hydrogens (primary N) is 1. The smallest absolute Gasteiger partial charge is 0.229 e. The highest BCUT2D eigenvalue weighted by molar-refractivity contribution is 5.93. The number of morpholine rings is 1. The summed E-state index contributed by atoms with van der Waals surface area (Å²) in [6, 6.07) is 8.58. The van der Waals surface area contributed by atoms with Crippen LogP contribution in [0.1, 0.15) is 51.1 Å². The van der Waals surface area contributed by atoms with E-state index in [1.54, 1.807) is 0 Å². The summed E-state index contributed by atoms with van der Waals surface area (Å²) in [7, 11) is 0. The maximum absolute atomic E-state index is 12.6. The summed E-state index contributed by atoms with van der Waals surface area (Å²) in [5, 5.41) is 3.06. The van der Waals surface area contributed by atoms with Gasteiger partial charge in [-0.3, -0.25) is 9.69 Å². The van der Waals surface area contributed by atoms with Crippen molar-refractivity contribution in [3.63, 3.8) is 0 Å². The van der Waals surface area contributed by atoms with E-state index in [-0.39, 0.29) is 36.6 Å². The molecule has 3 N–H and O–H groups in total. The summed E-state index contributed by atoms with van der Waals surface area (Å²) in [6.07, 6.45) is 4.00. The van der Waals surface area contributed by atoms with E-state index in [1.165, 1.54) is 5.56 Å². The topological polar surface area (TPSA) is 67.6 Å². The first kappa shape index (κ1) is 24.2. The van der Waals surface area contributed by atoms with Crippen molar-refractivity contribution in [3.8, 4) is 0 Å². The lowest BCUT2D eigenvalue weighted by Crippen LogP contribution is -2.51. The molecule has 154 valence electrons. The molecular weight excluding hydrogens is 385 g/mol. The Kier molecular flexibility index (Phi) is 9.52. The number of nitrogens with zero attached hydrogens (tertiary/aromatic N) is 1. The third-order valence-electron chi connectivity index (χ3n) is 5.82. The molecule has 1 amide bonds. The van der Waals surface area contributed by atoms with Crippen molar-refractivity contribution in [2.45, 2.75) is 51.1 Å². The third kappa shape index (κ3) is 6.06. The summed E-state index contributed by atoms with van der Waals surface area (Å²) in [4.78, 5) is 15.1. The van der Waals surface area contributed by atoms with Crippen LogP contribution in [0.25, 0.3) is 0 Å². The van der Waals surface area contributed by atoms with Crippen LogP contribution < -0.4 is 11.1 Å². The minimum atomic E-state index is -0.396. The first-order chi connectivity index (χ1) is 12.0. The Labute approximate surface area is 175 Å². The Morgan fingerprint density at radius 1 is 1.22 bits per heavy atom. The normalized spacial score (nSPS) is 27.0. The first-order valence-electron chi connectivity index (χ1n) is 9.49. The van der Waals surface area contributed by atoms with Crippen molar-refractivity contribution in [3.05, 3.63) is 29.8 Å². The van der Waals surface area contributed by atoms with Gasteiger partial charge in [-0.25, -0.2) is 0 Å². The minimum Gasteiger partial charge on any atom is -0.379 e. The highest BCUT2D eigenvalue weighted by Crippen LogP contribution is 2.32. The molecule has 7 heteroatoms. The molecule has 1 saturated carbocycles. The second-order valence-electron chi connectivity index (χ2n) is 7.74. The summed E-state index contributed by atoms with van der Waals surface area (Å²) in [5.74, 6) is -0.0492. The van der Waals surface area contributed by atoms with Gasteiger partial charge in [0.2, 0.25) is 5.91 Å². The molecule has 2 fully saturated rings. The number of hydrogen-bond acceptors (Lipinski definition) is 4. The molecule has 27 heavy (non-hydrogen) atoms. The molecule has 3 rings (SSSR count). The number of carbonyl (C=O) groups is 1. The standard InChI is InChI=1S/C20H31N3O2.2ClH/c1-15(23-11-13-25-14-12-23)16-6-8-17(9-7-16)22-19(24)18-5-3-4-10-20(18,2)21;;/h6-9,15,18H,3-5,10-14,21H2,1-2H3,(H,22,24);2*1H. The molecule has 0 radical (unpaired) electrons. The zero-order chi connectivity index (χ0) is 17.9. The van der Waals surface area contributed by atoms with E-state index < -0.39 is 5.54 Å². The van der Waals surface area contributed by atoms with Gasteiger partial charge in [-0.2, -0.15) is 0 Å². The van der Waals surface area contributed by atoms with Crippen LogP contribution in [0.5, 0.6) is 0 Å². The Bertz CT molecular complexity index is 589. The molecule has 3 unspecified atom stereocenters. The summed E-state index contributed by atoms with van der Waals surface area (Å²) in [5.41, 5.74) is 8.07. The number of rotatable bonds is 4. The molecule has 1 aliphatic carbocycles. The van der Waals surface area contributed by atoms with E-state index in [9.17, 15) is 4.79 Å². The Balaban J connectivity index is 0.00000182. The van der Waals surface area contributed by atoms with Crippen molar-refractivity contribution in [1.29, 1.82) is 0 Å². The van der Waals surface area contributed by atoms with Crippen LogP contribution in [-0.2, 0) is 9.53 Å². The number of nitrogens with one attached hydrogen (secondary N) is 1. The number of ether oxygens (including phenoxy) is 1. The van der Waals surface area contributed by atoms with Gasteiger partial charge in [-0.1, -0.05) is 25.0 Å². The number of benzene rings is 1. The van der Waals surface area contributed by atoms with Crippen LogP contribution in [-0.4, -0.2) is 42.6 Å². The largest absolute Gasteiger partial charge is 0.379 e. The van der Waals surface area contributed by atoms with Crippen molar-refractivity contribution in [1.82, 2.24) is 4.90 Å². The van der Waals surface area contributed by atoms with Crippen molar-refractivity contribution < 1.29 is 9.53 Å². The van der Waals surface area contributed by atoms with E-state index >= 15 is 0 Å². The van der Waals surface area contributed by atoms with Crippen LogP contribution in [0.3, 0.4) is 0 Å². The maximum atomic E-state index is 12.6. The van der Waals surface area contributed by atoms with Crippen LogP contribution in [0.15, 0.2) is 24.3 Å². The number of anilines is 1. The highest BCUT2D eigenvalue weighted by atomic mass is 35.5. The molecule has 1 saturated heterocycles. The van der Waals surface area contributed by atoms with Gasteiger partial charge in [-0.05, 0) is 44.4 Å². The SMILES string of the molecule is CC(c1ccc(NC(=O)C2CCCCC2(C)N)cc1)N1CCOCC1.Cl.Cl. The van der Waals surface area contributed by atoms with Gasteiger partial charge >= 0.3 is 0 Å². The Morgan fingerprint density at radius 2 is 1.85 bits per heavy atom. The molecule has 0 bridgehead atoms. The van der Waals surface area contributed by atoms with E-state index in [4.69, 9.17) is 10.5 Å². The number of halogens is 2. The molecule has 3 atom stereocenters. The van der Waals surface area contributed by atoms with Gasteiger partial charge in [0, 0.05) is 30.4 Å². The van der Waals surface area contributed by atoms with E-state index in [2.05, 4.69) is 29.3 Å². The molecule has 1 aliphatic heterocycles. The Morgan fingerprint density at radius 3 is 2.44 bits per heavy atom. The fourth-order valence-corrected chi connectivity index (χ4v) is 4.04. The van der Waals surface area contributed by atoms with Gasteiger partial charge in [0.25, 0.3) is 0 Å². The zero-order valence-corrected chi connectivity index (χ0v) is 17.9. The molecule has 5 nitrogen and oxygen atoms in total. The predicted octanol–water partition coefficient (Wildman–Crippen LogP) is 3.77. The van der Waals surface area contributed by atoms with Crippen LogP contribution in [0.4, 0.5) is 5.69 Å². The number of carbonyl (C=O) groups excluding carboxylic acids is 1. The molecule has 1 heterocycles. The summed E-state index contributed by atoms with van der Waals surface area (Å²) in [6.45, 7) is 7.77. The van der Waals surface area contributed by atoms with E-state index in [0.717, 1.165) is 57.7 Å². The monoisotopic (exact) mass is 417 g/mol. The predicted molar refractivity (Wildman–Crippen MR) is 115 cm³/mol. The lowest BCUT2D eigenvalue weighted by atomic mass is 9.74. The first-order valence-corrected chi connectivity index (χ1v) is 9.49. The fraction of sp³-hybridized carbons (Fsp3) is 0.650. The quantitative estimate of drug-likeness (QED) is 0.781. The maximum Gasteiger partial charge on any atom is 0.229 e. The van der Waals surface area contributed by atoms with Gasteiger partial charge < -0.3 is 15.8 Å². The molecule has 1 aromatic carbocycles. The van der Waals surface area contributed by atoms with Gasteiger partial charge in [0.15, 0.2) is 0 Å². The molecule has 0 spiro atoms. The summed E-state index contributed by atoms with van der Waals surface area (Å²) < 4.78 is 5.42. The minimum absolute atomic E-state index is 0. The molecular formula is C20H33Cl2N3O2. The van der Waals surface area contributed by atoms with E-state index in [1.807, 2.05) is 19.1 Å². The number of hydrogen-bond donors (Lipinski definition) is 2. The Hall–Kier alpha value is -0.850. The average Bonchev–Trinajstić information content (AvgIpc) is 2.62. The van der Waals surface area contributed by atoms with Gasteiger partial charge in [0.05, 0.1) is 19.1 Å². The second-order valence-corrected chi connectivity index (χ2v) is 7.74. The zero-order valence-electron chi connectivity index (χ0n) is 16.3. The van der Waals surface area contributed by atoms with Crippen molar-refractivity contribution in [2.24, 2.45) is 11.7 Å². The fourth-order valence-electron chi connectivity index (χ4n) is 4.04. The van der Waals surface area contributed by atoms with Gasteiger partial charge in [0.1, 0.15) is 0 Å². The van der Waals surface area contributed by atoms with Crippen LogP contribution in [0, 0.1) is 5.92 Å². The van der Waals surface area contributed by atoms with Gasteiger partial charge in [-0.15, -0.1) is 24.8 Å². The van der Waals surface area contributed by atoms with Crippen molar-refractivity contribution in [2.75, 3.05) is 31.6 Å². The van der Waals surface area contributed by atoms with Crippen LogP contribution >= 0.6 is 24.8 Å². The second kappa shape index (κ2) is 10.6. The lowest BCUT2D eigenvalue weighted by Gasteiger charge is -2.37.